The van der Waals surface area contributed by atoms with E-state index in [1.165, 1.54) is 6.07 Å². The van der Waals surface area contributed by atoms with Crippen LogP contribution in [0, 0.1) is 11.7 Å². The third-order valence-electron chi connectivity index (χ3n) is 2.28. The SMILES string of the molecule is CNC(c1ccc(F)c(Cl)c1)C(C)C. The van der Waals surface area contributed by atoms with Gasteiger partial charge in [0, 0.05) is 6.04 Å². The van der Waals surface area contributed by atoms with Gasteiger partial charge in [0.15, 0.2) is 0 Å². The Balaban J connectivity index is 3.00. The Morgan fingerprint density at radius 2 is 2.00 bits per heavy atom. The maximum atomic E-state index is 12.9. The molecule has 1 unspecified atom stereocenters. The van der Waals surface area contributed by atoms with E-state index in [1.807, 2.05) is 7.05 Å². The van der Waals surface area contributed by atoms with Crippen LogP contribution in [0.15, 0.2) is 18.2 Å². The molecule has 1 rings (SSSR count). The van der Waals surface area contributed by atoms with E-state index in [0.717, 1.165) is 5.56 Å². The van der Waals surface area contributed by atoms with Gasteiger partial charge in [0.05, 0.1) is 5.02 Å². The van der Waals surface area contributed by atoms with E-state index in [2.05, 4.69) is 19.2 Å². The predicted octanol–water partition coefficient (Wildman–Crippen LogP) is 3.40. The Hall–Kier alpha value is -0.600. The van der Waals surface area contributed by atoms with E-state index < -0.39 is 0 Å². The number of nitrogens with one attached hydrogen (secondary N) is 1. The Bertz CT molecular complexity index is 312. The number of benzene rings is 1. The fourth-order valence-corrected chi connectivity index (χ4v) is 1.78. The summed E-state index contributed by atoms with van der Waals surface area (Å²) in [6.07, 6.45) is 0. The van der Waals surface area contributed by atoms with Gasteiger partial charge in [-0.05, 0) is 30.7 Å². The van der Waals surface area contributed by atoms with E-state index in [-0.39, 0.29) is 16.9 Å². The summed E-state index contributed by atoms with van der Waals surface area (Å²) in [5.74, 6) is 0.0792. The highest BCUT2D eigenvalue weighted by molar-refractivity contribution is 6.30. The fraction of sp³-hybridized carbons (Fsp3) is 0.455. The van der Waals surface area contributed by atoms with Crippen molar-refractivity contribution in [1.82, 2.24) is 5.32 Å². The Kier molecular flexibility index (Phi) is 3.90. The molecule has 1 nitrogen and oxygen atoms in total. The van der Waals surface area contributed by atoms with Crippen molar-refractivity contribution in [3.63, 3.8) is 0 Å². The number of hydrogen-bond acceptors (Lipinski definition) is 1. The predicted molar refractivity (Wildman–Crippen MR) is 58.0 cm³/mol. The summed E-state index contributed by atoms with van der Waals surface area (Å²) < 4.78 is 12.9. The molecule has 0 saturated heterocycles. The standard InChI is InChI=1S/C11H15ClFN/c1-7(2)11(14-3)8-4-5-10(13)9(12)6-8/h4-7,11,14H,1-3H3. The smallest absolute Gasteiger partial charge is 0.141 e. The van der Waals surface area contributed by atoms with Crippen LogP contribution in [-0.4, -0.2) is 7.05 Å². The normalized spacial score (nSPS) is 13.3. The lowest BCUT2D eigenvalue weighted by atomic mass is 9.96. The average molecular weight is 216 g/mol. The van der Waals surface area contributed by atoms with Gasteiger partial charge in [0.2, 0.25) is 0 Å². The highest BCUT2D eigenvalue weighted by Gasteiger charge is 2.14. The van der Waals surface area contributed by atoms with Crippen LogP contribution >= 0.6 is 11.6 Å². The summed E-state index contributed by atoms with van der Waals surface area (Å²) in [6.45, 7) is 4.22. The van der Waals surface area contributed by atoms with Crippen LogP contribution in [0.1, 0.15) is 25.5 Å². The van der Waals surface area contributed by atoms with E-state index in [4.69, 9.17) is 11.6 Å². The first-order valence-electron chi connectivity index (χ1n) is 4.68. The Morgan fingerprint density at radius 3 is 2.43 bits per heavy atom. The zero-order chi connectivity index (χ0) is 10.7. The molecule has 0 aliphatic rings. The Labute approximate surface area is 89.3 Å². The lowest BCUT2D eigenvalue weighted by molar-refractivity contribution is 0.442. The summed E-state index contributed by atoms with van der Waals surface area (Å²) in [7, 11) is 1.89. The second-order valence-corrected chi connectivity index (χ2v) is 4.09. The summed E-state index contributed by atoms with van der Waals surface area (Å²) >= 11 is 5.72. The van der Waals surface area contributed by atoms with Crippen molar-refractivity contribution in [1.29, 1.82) is 0 Å². The van der Waals surface area contributed by atoms with Crippen molar-refractivity contribution in [2.24, 2.45) is 5.92 Å². The van der Waals surface area contributed by atoms with Gasteiger partial charge in [-0.2, -0.15) is 0 Å². The molecule has 0 aliphatic heterocycles. The second-order valence-electron chi connectivity index (χ2n) is 3.68. The monoisotopic (exact) mass is 215 g/mol. The maximum absolute atomic E-state index is 12.9. The van der Waals surface area contributed by atoms with Gasteiger partial charge >= 0.3 is 0 Å². The Morgan fingerprint density at radius 1 is 1.36 bits per heavy atom. The maximum Gasteiger partial charge on any atom is 0.141 e. The second kappa shape index (κ2) is 4.76. The van der Waals surface area contributed by atoms with Crippen molar-refractivity contribution in [3.8, 4) is 0 Å². The first kappa shape index (κ1) is 11.5. The topological polar surface area (TPSA) is 12.0 Å². The zero-order valence-electron chi connectivity index (χ0n) is 8.64. The van der Waals surface area contributed by atoms with Crippen LogP contribution in [-0.2, 0) is 0 Å². The van der Waals surface area contributed by atoms with Crippen molar-refractivity contribution < 1.29 is 4.39 Å². The van der Waals surface area contributed by atoms with Gasteiger partial charge in [-0.3, -0.25) is 0 Å². The lowest BCUT2D eigenvalue weighted by Crippen LogP contribution is -2.21. The van der Waals surface area contributed by atoms with Crippen LogP contribution in [0.3, 0.4) is 0 Å². The minimum absolute atomic E-state index is 0.184. The van der Waals surface area contributed by atoms with Gasteiger partial charge < -0.3 is 5.32 Å². The van der Waals surface area contributed by atoms with Crippen molar-refractivity contribution in [2.45, 2.75) is 19.9 Å². The van der Waals surface area contributed by atoms with Crippen LogP contribution in [0.2, 0.25) is 5.02 Å². The molecule has 0 aromatic heterocycles. The molecule has 3 heteroatoms. The molecule has 0 bridgehead atoms. The molecule has 0 spiro atoms. The molecule has 0 amide bonds. The summed E-state index contributed by atoms with van der Waals surface area (Å²) in [6, 6.07) is 5.07. The van der Waals surface area contributed by atoms with Crippen LogP contribution in [0.25, 0.3) is 0 Å². The number of halogens is 2. The first-order chi connectivity index (χ1) is 6.56. The van der Waals surface area contributed by atoms with Crippen molar-refractivity contribution in [3.05, 3.63) is 34.6 Å². The molecular weight excluding hydrogens is 201 g/mol. The highest BCUT2D eigenvalue weighted by Crippen LogP contribution is 2.25. The van der Waals surface area contributed by atoms with E-state index in [1.54, 1.807) is 12.1 Å². The van der Waals surface area contributed by atoms with Crippen LogP contribution in [0.5, 0.6) is 0 Å². The molecule has 0 fully saturated rings. The first-order valence-corrected chi connectivity index (χ1v) is 5.06. The van der Waals surface area contributed by atoms with E-state index in [0.29, 0.717) is 5.92 Å². The quantitative estimate of drug-likeness (QED) is 0.815. The molecule has 1 aromatic carbocycles. The van der Waals surface area contributed by atoms with E-state index >= 15 is 0 Å². The van der Waals surface area contributed by atoms with Crippen LogP contribution in [0.4, 0.5) is 4.39 Å². The molecule has 0 saturated carbocycles. The van der Waals surface area contributed by atoms with Gasteiger partial charge in [0.1, 0.15) is 5.82 Å². The van der Waals surface area contributed by atoms with Gasteiger partial charge in [-0.1, -0.05) is 31.5 Å². The van der Waals surface area contributed by atoms with Crippen molar-refractivity contribution >= 4 is 11.6 Å². The summed E-state index contributed by atoms with van der Waals surface area (Å²) in [5.41, 5.74) is 1.02. The molecule has 0 aliphatic carbocycles. The minimum Gasteiger partial charge on any atom is -0.313 e. The van der Waals surface area contributed by atoms with Gasteiger partial charge in [-0.15, -0.1) is 0 Å². The number of rotatable bonds is 3. The molecule has 0 radical (unpaired) electrons. The molecule has 14 heavy (non-hydrogen) atoms. The third-order valence-corrected chi connectivity index (χ3v) is 2.57. The van der Waals surface area contributed by atoms with Gasteiger partial charge in [0.25, 0.3) is 0 Å². The van der Waals surface area contributed by atoms with Crippen molar-refractivity contribution in [2.75, 3.05) is 7.05 Å². The van der Waals surface area contributed by atoms with E-state index in [9.17, 15) is 4.39 Å². The molecule has 1 atom stereocenters. The molecular formula is C11H15ClFN. The average Bonchev–Trinajstić information content (AvgIpc) is 2.11. The molecule has 1 N–H and O–H groups in total. The molecule has 1 aromatic rings. The van der Waals surface area contributed by atoms with Gasteiger partial charge in [-0.25, -0.2) is 4.39 Å². The zero-order valence-corrected chi connectivity index (χ0v) is 9.40. The third kappa shape index (κ3) is 2.46. The summed E-state index contributed by atoms with van der Waals surface area (Å²) in [4.78, 5) is 0. The van der Waals surface area contributed by atoms with Crippen LogP contribution < -0.4 is 5.32 Å². The highest BCUT2D eigenvalue weighted by atomic mass is 35.5. The number of hydrogen-bond donors (Lipinski definition) is 1. The fourth-order valence-electron chi connectivity index (χ4n) is 1.59. The minimum atomic E-state index is -0.367. The molecule has 0 heterocycles. The molecule has 78 valence electrons. The summed E-state index contributed by atoms with van der Waals surface area (Å²) in [5, 5.41) is 3.37. The largest absolute Gasteiger partial charge is 0.313 e. The lowest BCUT2D eigenvalue weighted by Gasteiger charge is -2.20.